The maximum Gasteiger partial charge on any atom is 0.243 e. The standard InChI is InChI=1S/C30H30FN3O3S2/c31-25-7-3-6-24(20-25)30-27-12-19-38-28(27)10-13-33(30)14-11-29(35)32-15-17-34(18-16-32)39(36,37)26-9-8-22-4-1-2-5-23(22)21-26/h1-9,12,19-21,30H,10-11,13-18H2. The summed E-state index contributed by atoms with van der Waals surface area (Å²) in [4.78, 5) is 18.8. The summed E-state index contributed by atoms with van der Waals surface area (Å²) in [6.07, 6.45) is 1.25. The van der Waals surface area contributed by atoms with Crippen molar-refractivity contribution >= 4 is 38.0 Å². The number of benzene rings is 3. The molecule has 0 bridgehead atoms. The molecule has 1 amide bonds. The van der Waals surface area contributed by atoms with Gasteiger partial charge in [0.05, 0.1) is 10.9 Å². The first kappa shape index (κ1) is 26.1. The molecule has 4 aromatic rings. The molecule has 0 saturated carbocycles. The maximum atomic E-state index is 14.1. The van der Waals surface area contributed by atoms with Crippen LogP contribution in [0.4, 0.5) is 4.39 Å². The average molecular weight is 564 g/mol. The van der Waals surface area contributed by atoms with E-state index in [0.29, 0.717) is 26.1 Å². The van der Waals surface area contributed by atoms with E-state index in [1.807, 2.05) is 36.4 Å². The van der Waals surface area contributed by atoms with Crippen LogP contribution in [0.5, 0.6) is 0 Å². The molecule has 1 fully saturated rings. The second-order valence-electron chi connectivity index (χ2n) is 10.1. The summed E-state index contributed by atoms with van der Waals surface area (Å²) in [6.45, 7) is 2.65. The second kappa shape index (κ2) is 10.8. The smallest absolute Gasteiger partial charge is 0.243 e. The number of hydrogen-bond donors (Lipinski definition) is 0. The Labute approximate surface area is 232 Å². The highest BCUT2D eigenvalue weighted by Gasteiger charge is 2.32. The SMILES string of the molecule is O=C(CCN1CCc2sccc2C1c1cccc(F)c1)N1CCN(S(=O)(=O)c2ccc3ccccc3c2)CC1. The number of piperazine rings is 1. The number of halogens is 1. The Kier molecular flexibility index (Phi) is 7.24. The Morgan fingerprint density at radius 3 is 2.49 bits per heavy atom. The van der Waals surface area contributed by atoms with Gasteiger partial charge in [0.1, 0.15) is 5.82 Å². The Morgan fingerprint density at radius 1 is 0.897 bits per heavy atom. The molecule has 9 heteroatoms. The van der Waals surface area contributed by atoms with Gasteiger partial charge in [-0.05, 0) is 64.0 Å². The number of amides is 1. The summed E-state index contributed by atoms with van der Waals surface area (Å²) in [7, 11) is -3.64. The fourth-order valence-corrected chi connectivity index (χ4v) is 8.09. The lowest BCUT2D eigenvalue weighted by Crippen LogP contribution is -2.51. The minimum Gasteiger partial charge on any atom is -0.340 e. The molecule has 0 aliphatic carbocycles. The molecule has 0 radical (unpaired) electrons. The molecular weight excluding hydrogens is 533 g/mol. The molecule has 3 aromatic carbocycles. The van der Waals surface area contributed by atoms with Gasteiger partial charge < -0.3 is 4.90 Å². The van der Waals surface area contributed by atoms with Crippen molar-refractivity contribution in [1.82, 2.24) is 14.1 Å². The summed E-state index contributed by atoms with van der Waals surface area (Å²) in [6, 6.07) is 21.7. The zero-order chi connectivity index (χ0) is 27.0. The third-order valence-corrected chi connectivity index (χ3v) is 10.7. The zero-order valence-corrected chi connectivity index (χ0v) is 23.1. The summed E-state index contributed by atoms with van der Waals surface area (Å²) in [5.74, 6) is -0.241. The Morgan fingerprint density at radius 2 is 1.69 bits per heavy atom. The first-order chi connectivity index (χ1) is 18.9. The van der Waals surface area contributed by atoms with Crippen molar-refractivity contribution in [2.24, 2.45) is 0 Å². The first-order valence-corrected chi connectivity index (χ1v) is 15.5. The highest BCUT2D eigenvalue weighted by Crippen LogP contribution is 2.38. The van der Waals surface area contributed by atoms with E-state index in [0.717, 1.165) is 29.3 Å². The molecular formula is C30H30FN3O3S2. The molecule has 2 aliphatic heterocycles. The summed E-state index contributed by atoms with van der Waals surface area (Å²) in [5.41, 5.74) is 2.09. The van der Waals surface area contributed by atoms with Gasteiger partial charge in [0, 0.05) is 50.6 Å². The van der Waals surface area contributed by atoms with Crippen molar-refractivity contribution in [3.8, 4) is 0 Å². The number of sulfonamides is 1. The van der Waals surface area contributed by atoms with E-state index >= 15 is 0 Å². The van der Waals surface area contributed by atoms with Gasteiger partial charge in [-0.3, -0.25) is 9.69 Å². The van der Waals surface area contributed by atoms with E-state index in [4.69, 9.17) is 0 Å². The molecule has 0 spiro atoms. The fourth-order valence-electron chi connectivity index (χ4n) is 5.73. The van der Waals surface area contributed by atoms with E-state index in [-0.39, 0.29) is 35.8 Å². The molecule has 39 heavy (non-hydrogen) atoms. The number of carbonyl (C=O) groups excluding carboxylic acids is 1. The molecule has 1 unspecified atom stereocenters. The van der Waals surface area contributed by atoms with Gasteiger partial charge in [-0.2, -0.15) is 4.31 Å². The summed E-state index contributed by atoms with van der Waals surface area (Å²) in [5, 5.41) is 3.96. The van der Waals surface area contributed by atoms with E-state index in [1.54, 1.807) is 40.5 Å². The average Bonchev–Trinajstić information content (AvgIpc) is 3.44. The minimum absolute atomic E-state index is 0.0202. The number of hydrogen-bond acceptors (Lipinski definition) is 5. The van der Waals surface area contributed by atoms with Crippen molar-refractivity contribution in [3.05, 3.63) is 100.0 Å². The van der Waals surface area contributed by atoms with Crippen LogP contribution in [0.25, 0.3) is 10.8 Å². The number of carbonyl (C=O) groups is 1. The van der Waals surface area contributed by atoms with Gasteiger partial charge in [-0.15, -0.1) is 11.3 Å². The van der Waals surface area contributed by atoms with Crippen LogP contribution in [0.2, 0.25) is 0 Å². The first-order valence-electron chi connectivity index (χ1n) is 13.2. The molecule has 1 atom stereocenters. The highest BCUT2D eigenvalue weighted by molar-refractivity contribution is 7.89. The molecule has 1 aromatic heterocycles. The third kappa shape index (κ3) is 5.24. The van der Waals surface area contributed by atoms with Crippen LogP contribution in [-0.2, 0) is 21.2 Å². The number of fused-ring (bicyclic) bond motifs is 2. The van der Waals surface area contributed by atoms with Crippen LogP contribution in [0.1, 0.15) is 28.5 Å². The largest absolute Gasteiger partial charge is 0.340 e. The lowest BCUT2D eigenvalue weighted by Gasteiger charge is -2.37. The van der Waals surface area contributed by atoms with Crippen LogP contribution in [0.15, 0.2) is 83.1 Å². The second-order valence-corrected chi connectivity index (χ2v) is 13.0. The Hall–Kier alpha value is -3.11. The lowest BCUT2D eigenvalue weighted by atomic mass is 9.93. The van der Waals surface area contributed by atoms with Gasteiger partial charge in [0.15, 0.2) is 0 Å². The highest BCUT2D eigenvalue weighted by atomic mass is 32.2. The van der Waals surface area contributed by atoms with Crippen LogP contribution < -0.4 is 0 Å². The van der Waals surface area contributed by atoms with Crippen LogP contribution in [0.3, 0.4) is 0 Å². The fraction of sp³-hybridized carbons (Fsp3) is 0.300. The van der Waals surface area contributed by atoms with E-state index in [1.165, 1.54) is 20.8 Å². The Bertz CT molecular complexity index is 1610. The van der Waals surface area contributed by atoms with Crippen LogP contribution in [-0.4, -0.2) is 67.7 Å². The third-order valence-electron chi connectivity index (χ3n) is 7.79. The molecule has 0 N–H and O–H groups in total. The normalized spacial score (nSPS) is 18.8. The number of thiophene rings is 1. The molecule has 3 heterocycles. The number of rotatable bonds is 6. The quantitative estimate of drug-likeness (QED) is 0.335. The molecule has 6 nitrogen and oxygen atoms in total. The topological polar surface area (TPSA) is 60.9 Å². The van der Waals surface area contributed by atoms with Crippen LogP contribution >= 0.6 is 11.3 Å². The predicted octanol–water partition coefficient (Wildman–Crippen LogP) is 4.91. The van der Waals surface area contributed by atoms with Gasteiger partial charge in [-0.25, -0.2) is 12.8 Å². The maximum absolute atomic E-state index is 14.1. The van der Waals surface area contributed by atoms with E-state index in [2.05, 4.69) is 16.3 Å². The summed E-state index contributed by atoms with van der Waals surface area (Å²) < 4.78 is 42.2. The molecule has 1 saturated heterocycles. The predicted molar refractivity (Wildman–Crippen MR) is 152 cm³/mol. The van der Waals surface area contributed by atoms with Crippen molar-refractivity contribution < 1.29 is 17.6 Å². The summed E-state index contributed by atoms with van der Waals surface area (Å²) >= 11 is 1.73. The van der Waals surface area contributed by atoms with Gasteiger partial charge in [0.2, 0.25) is 15.9 Å². The van der Waals surface area contributed by atoms with Crippen molar-refractivity contribution in [2.45, 2.75) is 23.8 Å². The van der Waals surface area contributed by atoms with Gasteiger partial charge in [0.25, 0.3) is 0 Å². The zero-order valence-electron chi connectivity index (χ0n) is 21.5. The lowest BCUT2D eigenvalue weighted by molar-refractivity contribution is -0.132. The number of nitrogens with zero attached hydrogens (tertiary/aromatic N) is 3. The molecule has 202 valence electrons. The monoisotopic (exact) mass is 563 g/mol. The van der Waals surface area contributed by atoms with Crippen molar-refractivity contribution in [2.75, 3.05) is 39.3 Å². The minimum atomic E-state index is -3.64. The Balaban J connectivity index is 1.09. The van der Waals surface area contributed by atoms with Crippen molar-refractivity contribution in [1.29, 1.82) is 0 Å². The molecule has 6 rings (SSSR count). The van der Waals surface area contributed by atoms with Gasteiger partial charge in [-0.1, -0.05) is 42.5 Å². The van der Waals surface area contributed by atoms with Gasteiger partial charge >= 0.3 is 0 Å². The van der Waals surface area contributed by atoms with E-state index < -0.39 is 10.0 Å². The van der Waals surface area contributed by atoms with Crippen LogP contribution in [0, 0.1) is 5.82 Å². The molecule has 2 aliphatic rings. The van der Waals surface area contributed by atoms with E-state index in [9.17, 15) is 17.6 Å². The van der Waals surface area contributed by atoms with Crippen molar-refractivity contribution in [3.63, 3.8) is 0 Å².